The van der Waals surface area contributed by atoms with Crippen molar-refractivity contribution >= 4 is 11.6 Å². The fourth-order valence-electron chi connectivity index (χ4n) is 3.97. The Labute approximate surface area is 168 Å². The molecule has 0 spiro atoms. The molecule has 0 saturated carbocycles. The molecule has 0 atom stereocenters. The molecule has 150 valence electrons. The number of aliphatic hydroxyl groups is 1. The maximum Gasteiger partial charge on any atom is 0.220 e. The molecule has 0 heterocycles. The topological polar surface area (TPSA) is 54.4 Å². The number of ketones is 2. The van der Waals surface area contributed by atoms with Crippen LogP contribution < -0.4 is 0 Å². The van der Waals surface area contributed by atoms with E-state index >= 15 is 0 Å². The van der Waals surface area contributed by atoms with Crippen LogP contribution in [0.25, 0.3) is 0 Å². The molecule has 0 aromatic carbocycles. The van der Waals surface area contributed by atoms with Crippen LogP contribution in [0.2, 0.25) is 0 Å². The van der Waals surface area contributed by atoms with Gasteiger partial charge in [-0.1, -0.05) is 54.4 Å². The van der Waals surface area contributed by atoms with Crippen LogP contribution in [-0.4, -0.2) is 16.7 Å². The maximum atomic E-state index is 11.8. The van der Waals surface area contributed by atoms with Crippen LogP contribution in [0.3, 0.4) is 0 Å². The van der Waals surface area contributed by atoms with Crippen molar-refractivity contribution in [1.82, 2.24) is 0 Å². The third-order valence-electron chi connectivity index (χ3n) is 5.67. The molecule has 0 aliphatic heterocycles. The summed E-state index contributed by atoms with van der Waals surface area (Å²) in [5.41, 5.74) is 6.00. The zero-order valence-corrected chi connectivity index (χ0v) is 17.8. The van der Waals surface area contributed by atoms with Gasteiger partial charge >= 0.3 is 0 Å². The highest BCUT2D eigenvalue weighted by Crippen LogP contribution is 2.42. The van der Waals surface area contributed by atoms with Crippen LogP contribution >= 0.6 is 0 Å². The van der Waals surface area contributed by atoms with Gasteiger partial charge in [0.25, 0.3) is 0 Å². The summed E-state index contributed by atoms with van der Waals surface area (Å²) in [6, 6.07) is 0. The van der Waals surface area contributed by atoms with E-state index in [-0.39, 0.29) is 5.78 Å². The number of hydrogen-bond acceptors (Lipinski definition) is 3. The van der Waals surface area contributed by atoms with Gasteiger partial charge in [0.05, 0.1) is 0 Å². The van der Waals surface area contributed by atoms with Crippen molar-refractivity contribution in [2.24, 2.45) is 5.41 Å². The second-order valence-electron chi connectivity index (χ2n) is 8.61. The fraction of sp³-hybridized carbons (Fsp3) is 0.440. The number of rotatable bonds is 6. The van der Waals surface area contributed by atoms with Crippen LogP contribution in [0.1, 0.15) is 66.7 Å². The molecule has 3 heteroatoms. The normalized spacial score (nSPS) is 21.3. The molecular weight excluding hydrogens is 348 g/mol. The van der Waals surface area contributed by atoms with E-state index in [0.29, 0.717) is 11.0 Å². The SMILES string of the molecule is CC1=C(CC/C(C)=C/C=C/C(C)=C/C2=CC(=O)C(O)=CC2=O)C(C)(C)CCC1. The molecule has 0 fully saturated rings. The minimum Gasteiger partial charge on any atom is -0.504 e. The number of hydrogen-bond donors (Lipinski definition) is 1. The molecule has 2 aliphatic carbocycles. The molecular formula is C25H32O3. The molecule has 0 saturated heterocycles. The third kappa shape index (κ3) is 5.79. The summed E-state index contributed by atoms with van der Waals surface area (Å²) < 4.78 is 0. The quantitative estimate of drug-likeness (QED) is 0.336. The first-order chi connectivity index (χ1) is 13.1. The van der Waals surface area contributed by atoms with Crippen LogP contribution in [0.15, 0.2) is 70.1 Å². The Morgan fingerprint density at radius 2 is 1.89 bits per heavy atom. The molecule has 3 nitrogen and oxygen atoms in total. The van der Waals surface area contributed by atoms with Gasteiger partial charge in [-0.2, -0.15) is 0 Å². The second-order valence-corrected chi connectivity index (χ2v) is 8.61. The van der Waals surface area contributed by atoms with Crippen LogP contribution in [-0.2, 0) is 9.59 Å². The van der Waals surface area contributed by atoms with Crippen molar-refractivity contribution in [3.63, 3.8) is 0 Å². The lowest BCUT2D eigenvalue weighted by atomic mass is 9.71. The van der Waals surface area contributed by atoms with Gasteiger partial charge in [-0.3, -0.25) is 9.59 Å². The lowest BCUT2D eigenvalue weighted by Crippen LogP contribution is -2.20. The van der Waals surface area contributed by atoms with Gasteiger partial charge in [-0.15, -0.1) is 0 Å². The second kappa shape index (κ2) is 9.18. The Morgan fingerprint density at radius 1 is 1.18 bits per heavy atom. The molecule has 0 radical (unpaired) electrons. The zero-order valence-electron chi connectivity index (χ0n) is 17.8. The summed E-state index contributed by atoms with van der Waals surface area (Å²) in [6.45, 7) is 11.0. The number of allylic oxidation sites excluding steroid dienone is 11. The highest BCUT2D eigenvalue weighted by molar-refractivity contribution is 6.20. The summed E-state index contributed by atoms with van der Waals surface area (Å²) in [4.78, 5) is 23.3. The first kappa shape index (κ1) is 21.9. The van der Waals surface area contributed by atoms with E-state index in [4.69, 9.17) is 0 Å². The average molecular weight is 381 g/mol. The highest BCUT2D eigenvalue weighted by atomic mass is 16.3. The Kier molecular flexibility index (Phi) is 7.17. The van der Waals surface area contributed by atoms with Gasteiger partial charge in [0.1, 0.15) is 0 Å². The number of carbonyl (C=O) groups is 2. The van der Waals surface area contributed by atoms with Crippen LogP contribution in [0.5, 0.6) is 0 Å². The summed E-state index contributed by atoms with van der Waals surface area (Å²) in [6.07, 6.45) is 15.8. The fourth-order valence-corrected chi connectivity index (χ4v) is 3.97. The van der Waals surface area contributed by atoms with E-state index in [2.05, 4.69) is 33.8 Å². The molecule has 2 aliphatic rings. The predicted molar refractivity (Wildman–Crippen MR) is 115 cm³/mol. The molecule has 28 heavy (non-hydrogen) atoms. The average Bonchev–Trinajstić information content (AvgIpc) is 2.58. The standard InChI is InChI=1S/C25H32O3/c1-17(11-12-21-19(3)10-7-13-25(21,4)5)8-6-9-18(2)14-20-15-23(27)24(28)16-22(20)26/h6,8-9,14-16,28H,7,10-13H2,1-5H3/b9-6+,17-8+,18-14+. The number of carbonyl (C=O) groups excluding carboxylic acids is 2. The van der Waals surface area contributed by atoms with E-state index in [9.17, 15) is 14.7 Å². The minimum absolute atomic E-state index is 0.299. The Morgan fingerprint density at radius 3 is 2.57 bits per heavy atom. The Bertz CT molecular complexity index is 839. The first-order valence-corrected chi connectivity index (χ1v) is 10.0. The lowest BCUT2D eigenvalue weighted by molar-refractivity contribution is -0.116. The van der Waals surface area contributed by atoms with Gasteiger partial charge in [0.2, 0.25) is 5.78 Å². The van der Waals surface area contributed by atoms with Crippen molar-refractivity contribution < 1.29 is 14.7 Å². The van der Waals surface area contributed by atoms with Gasteiger partial charge in [-0.05, 0) is 64.4 Å². The van der Waals surface area contributed by atoms with E-state index < -0.39 is 11.5 Å². The summed E-state index contributed by atoms with van der Waals surface area (Å²) in [5, 5.41) is 9.30. The molecule has 0 unspecified atom stereocenters. The summed E-state index contributed by atoms with van der Waals surface area (Å²) in [5.74, 6) is -1.38. The van der Waals surface area contributed by atoms with Gasteiger partial charge in [0, 0.05) is 17.7 Å². The van der Waals surface area contributed by atoms with Crippen LogP contribution in [0.4, 0.5) is 0 Å². The van der Waals surface area contributed by atoms with Crippen molar-refractivity contribution in [3.05, 3.63) is 70.1 Å². The van der Waals surface area contributed by atoms with Crippen molar-refractivity contribution in [2.45, 2.75) is 66.7 Å². The Balaban J connectivity index is 1.97. The largest absolute Gasteiger partial charge is 0.504 e. The van der Waals surface area contributed by atoms with Crippen molar-refractivity contribution in [3.8, 4) is 0 Å². The Hall–Kier alpha value is -2.42. The van der Waals surface area contributed by atoms with Gasteiger partial charge < -0.3 is 5.11 Å². The van der Waals surface area contributed by atoms with Gasteiger partial charge in [0.15, 0.2) is 11.5 Å². The monoisotopic (exact) mass is 380 g/mol. The molecule has 1 N–H and O–H groups in total. The number of aliphatic hydroxyl groups excluding tert-OH is 1. The molecule has 0 bridgehead atoms. The van der Waals surface area contributed by atoms with Crippen LogP contribution in [0, 0.1) is 5.41 Å². The van der Waals surface area contributed by atoms with E-state index in [1.165, 1.54) is 30.9 Å². The van der Waals surface area contributed by atoms with E-state index in [0.717, 1.165) is 24.5 Å². The van der Waals surface area contributed by atoms with Gasteiger partial charge in [-0.25, -0.2) is 0 Å². The van der Waals surface area contributed by atoms with E-state index in [1.807, 2.05) is 19.1 Å². The third-order valence-corrected chi connectivity index (χ3v) is 5.67. The maximum absolute atomic E-state index is 11.8. The smallest absolute Gasteiger partial charge is 0.220 e. The molecule has 2 rings (SSSR count). The zero-order chi connectivity index (χ0) is 20.9. The summed E-state index contributed by atoms with van der Waals surface area (Å²) >= 11 is 0. The van der Waals surface area contributed by atoms with Crippen molar-refractivity contribution in [1.29, 1.82) is 0 Å². The highest BCUT2D eigenvalue weighted by Gasteiger charge is 2.27. The first-order valence-electron chi connectivity index (χ1n) is 10.0. The molecule has 0 aromatic rings. The minimum atomic E-state index is -0.534. The molecule has 0 aromatic heterocycles. The predicted octanol–water partition coefficient (Wildman–Crippen LogP) is 6.26. The lowest BCUT2D eigenvalue weighted by Gasteiger charge is -2.34. The van der Waals surface area contributed by atoms with Crippen molar-refractivity contribution in [2.75, 3.05) is 0 Å². The molecule has 0 amide bonds. The summed E-state index contributed by atoms with van der Waals surface area (Å²) in [7, 11) is 0. The van der Waals surface area contributed by atoms with E-state index in [1.54, 1.807) is 17.2 Å².